The fourth-order valence-electron chi connectivity index (χ4n) is 3.25. The first-order valence-corrected chi connectivity index (χ1v) is 8.47. The topological polar surface area (TPSA) is 83.4 Å². The molecule has 3 rings (SSSR count). The predicted octanol–water partition coefficient (Wildman–Crippen LogP) is 2.78. The molecule has 1 aromatic carbocycles. The molecule has 0 radical (unpaired) electrons. The van der Waals surface area contributed by atoms with Crippen molar-refractivity contribution in [3.63, 3.8) is 0 Å². The fourth-order valence-corrected chi connectivity index (χ4v) is 3.25. The molecule has 1 atom stereocenters. The highest BCUT2D eigenvalue weighted by molar-refractivity contribution is 5.94. The van der Waals surface area contributed by atoms with Crippen LogP contribution in [0.1, 0.15) is 52.9 Å². The summed E-state index contributed by atoms with van der Waals surface area (Å²) in [5.74, 6) is -0.233. The van der Waals surface area contributed by atoms with E-state index in [1.54, 1.807) is 6.92 Å². The van der Waals surface area contributed by atoms with E-state index >= 15 is 0 Å². The number of carbonyl (C=O) groups is 2. The summed E-state index contributed by atoms with van der Waals surface area (Å²) in [6, 6.07) is 11.0. The Balaban J connectivity index is 1.84. The lowest BCUT2D eigenvalue weighted by molar-refractivity contribution is -0.136. The van der Waals surface area contributed by atoms with E-state index in [4.69, 9.17) is 5.11 Å². The van der Waals surface area contributed by atoms with Gasteiger partial charge in [-0.25, -0.2) is 9.97 Å². The van der Waals surface area contributed by atoms with Crippen LogP contribution in [0.4, 0.5) is 0 Å². The van der Waals surface area contributed by atoms with Crippen LogP contribution >= 0.6 is 0 Å². The van der Waals surface area contributed by atoms with E-state index in [1.807, 2.05) is 41.3 Å². The van der Waals surface area contributed by atoms with Gasteiger partial charge >= 0.3 is 5.97 Å². The molecule has 6 heteroatoms. The normalized spacial score (nSPS) is 16.8. The average Bonchev–Trinajstić information content (AvgIpc) is 3.09. The fraction of sp³-hybridized carbons (Fsp3) is 0.368. The summed E-state index contributed by atoms with van der Waals surface area (Å²) in [7, 11) is 0. The number of aliphatic carboxylic acids is 1. The Kier molecular flexibility index (Phi) is 5.07. The Morgan fingerprint density at radius 1 is 1.24 bits per heavy atom. The highest BCUT2D eigenvalue weighted by Gasteiger charge is 2.31. The number of likely N-dealkylation sites (tertiary alicyclic amines) is 1. The smallest absolute Gasteiger partial charge is 0.303 e. The Morgan fingerprint density at radius 3 is 2.72 bits per heavy atom. The lowest BCUT2D eigenvalue weighted by Gasteiger charge is -2.25. The number of carboxylic acid groups (broad SMARTS) is 1. The monoisotopic (exact) mass is 339 g/mol. The van der Waals surface area contributed by atoms with E-state index in [1.165, 1.54) is 0 Å². The molecule has 1 saturated heterocycles. The molecule has 1 amide bonds. The van der Waals surface area contributed by atoms with Gasteiger partial charge in [0.15, 0.2) is 0 Å². The minimum absolute atomic E-state index is 0.00597. The van der Waals surface area contributed by atoms with E-state index in [0.717, 1.165) is 18.5 Å². The maximum atomic E-state index is 12.8. The van der Waals surface area contributed by atoms with Crippen molar-refractivity contribution in [3.8, 4) is 0 Å². The standard InChI is InChI=1S/C19H21N3O3/c1-13-20-15(9-10-18(23)24)12-16(21-13)17-8-5-11-22(17)19(25)14-6-3-2-4-7-14/h2-4,6-7,12,17H,5,8-11H2,1H3,(H,23,24)/t17-/m1/s1. The van der Waals surface area contributed by atoms with E-state index in [9.17, 15) is 9.59 Å². The van der Waals surface area contributed by atoms with Crippen molar-refractivity contribution in [1.29, 1.82) is 0 Å². The Hall–Kier alpha value is -2.76. The maximum absolute atomic E-state index is 12.8. The quantitative estimate of drug-likeness (QED) is 0.905. The molecule has 0 aliphatic carbocycles. The van der Waals surface area contributed by atoms with Crippen LogP contribution in [0.25, 0.3) is 0 Å². The SMILES string of the molecule is Cc1nc(CCC(=O)O)cc([C@H]2CCCN2C(=O)c2ccccc2)n1. The number of nitrogens with zero attached hydrogens (tertiary/aromatic N) is 3. The van der Waals surface area contributed by atoms with Gasteiger partial charge < -0.3 is 10.0 Å². The van der Waals surface area contributed by atoms with Crippen LogP contribution in [0.5, 0.6) is 0 Å². The average molecular weight is 339 g/mol. The molecule has 2 aromatic rings. The third-order valence-corrected chi connectivity index (χ3v) is 4.38. The highest BCUT2D eigenvalue weighted by atomic mass is 16.4. The van der Waals surface area contributed by atoms with Crippen molar-refractivity contribution in [2.24, 2.45) is 0 Å². The van der Waals surface area contributed by atoms with Crippen LogP contribution in [0.3, 0.4) is 0 Å². The number of hydrogen-bond acceptors (Lipinski definition) is 4. The zero-order chi connectivity index (χ0) is 17.8. The van der Waals surface area contributed by atoms with Crippen LogP contribution in [0.2, 0.25) is 0 Å². The number of benzene rings is 1. The second-order valence-corrected chi connectivity index (χ2v) is 6.25. The Morgan fingerprint density at radius 2 is 2.00 bits per heavy atom. The molecule has 0 unspecified atom stereocenters. The van der Waals surface area contributed by atoms with Crippen molar-refractivity contribution in [2.45, 2.75) is 38.6 Å². The highest BCUT2D eigenvalue weighted by Crippen LogP contribution is 2.32. The van der Waals surface area contributed by atoms with Gasteiger partial charge in [-0.05, 0) is 38.0 Å². The molecule has 25 heavy (non-hydrogen) atoms. The molecule has 1 aliphatic heterocycles. The second kappa shape index (κ2) is 7.42. The Labute approximate surface area is 146 Å². The van der Waals surface area contributed by atoms with Gasteiger partial charge in [0, 0.05) is 24.2 Å². The van der Waals surface area contributed by atoms with Crippen molar-refractivity contribution >= 4 is 11.9 Å². The molecule has 0 saturated carbocycles. The molecule has 1 fully saturated rings. The summed E-state index contributed by atoms with van der Waals surface area (Å²) >= 11 is 0. The Bertz CT molecular complexity index is 777. The van der Waals surface area contributed by atoms with Gasteiger partial charge in [-0.2, -0.15) is 0 Å². The molecule has 6 nitrogen and oxygen atoms in total. The summed E-state index contributed by atoms with van der Waals surface area (Å²) in [6.45, 7) is 2.50. The van der Waals surface area contributed by atoms with E-state index in [-0.39, 0.29) is 18.4 Å². The van der Waals surface area contributed by atoms with Gasteiger partial charge in [0.25, 0.3) is 5.91 Å². The molecule has 1 aliphatic rings. The summed E-state index contributed by atoms with van der Waals surface area (Å²) in [6.07, 6.45) is 2.18. The number of hydrogen-bond donors (Lipinski definition) is 1. The number of aryl methyl sites for hydroxylation is 2. The van der Waals surface area contributed by atoms with Gasteiger partial charge in [0.1, 0.15) is 5.82 Å². The van der Waals surface area contributed by atoms with Gasteiger partial charge in [0.2, 0.25) is 0 Å². The van der Waals surface area contributed by atoms with Crippen molar-refractivity contribution in [1.82, 2.24) is 14.9 Å². The molecule has 130 valence electrons. The molecule has 1 aromatic heterocycles. The summed E-state index contributed by atoms with van der Waals surface area (Å²) in [5.41, 5.74) is 2.19. The van der Waals surface area contributed by atoms with E-state index in [2.05, 4.69) is 9.97 Å². The van der Waals surface area contributed by atoms with Crippen LogP contribution in [-0.4, -0.2) is 38.4 Å². The first-order chi connectivity index (χ1) is 12.0. The number of aromatic nitrogens is 2. The zero-order valence-corrected chi connectivity index (χ0v) is 14.2. The summed E-state index contributed by atoms with van der Waals surface area (Å²) in [4.78, 5) is 34.3. The van der Waals surface area contributed by atoms with E-state index in [0.29, 0.717) is 30.0 Å². The van der Waals surface area contributed by atoms with E-state index < -0.39 is 5.97 Å². The second-order valence-electron chi connectivity index (χ2n) is 6.25. The first-order valence-electron chi connectivity index (χ1n) is 8.47. The largest absolute Gasteiger partial charge is 0.481 e. The van der Waals surface area contributed by atoms with Crippen molar-refractivity contribution < 1.29 is 14.7 Å². The molecule has 0 spiro atoms. The van der Waals surface area contributed by atoms with Crippen molar-refractivity contribution in [3.05, 3.63) is 59.2 Å². The molecule has 1 N–H and O–H groups in total. The van der Waals surface area contributed by atoms with Crippen LogP contribution in [-0.2, 0) is 11.2 Å². The lowest BCUT2D eigenvalue weighted by atomic mass is 10.1. The lowest BCUT2D eigenvalue weighted by Crippen LogP contribution is -2.31. The number of amides is 1. The van der Waals surface area contributed by atoms with Crippen LogP contribution in [0.15, 0.2) is 36.4 Å². The van der Waals surface area contributed by atoms with Gasteiger partial charge in [-0.15, -0.1) is 0 Å². The number of rotatable bonds is 5. The van der Waals surface area contributed by atoms with Gasteiger partial charge in [0.05, 0.1) is 18.2 Å². The minimum Gasteiger partial charge on any atom is -0.481 e. The minimum atomic E-state index is -0.848. The summed E-state index contributed by atoms with van der Waals surface area (Å²) in [5, 5.41) is 8.87. The number of carboxylic acids is 1. The molecule has 2 heterocycles. The third kappa shape index (κ3) is 4.02. The third-order valence-electron chi connectivity index (χ3n) is 4.38. The van der Waals surface area contributed by atoms with Gasteiger partial charge in [-0.1, -0.05) is 18.2 Å². The zero-order valence-electron chi connectivity index (χ0n) is 14.2. The molecule has 0 bridgehead atoms. The van der Waals surface area contributed by atoms with Crippen LogP contribution < -0.4 is 0 Å². The summed E-state index contributed by atoms with van der Waals surface area (Å²) < 4.78 is 0. The first kappa shape index (κ1) is 17.1. The van der Waals surface area contributed by atoms with Gasteiger partial charge in [-0.3, -0.25) is 9.59 Å². The predicted molar refractivity (Wildman–Crippen MR) is 92.2 cm³/mol. The maximum Gasteiger partial charge on any atom is 0.303 e. The number of carbonyl (C=O) groups excluding carboxylic acids is 1. The molecular formula is C19H21N3O3. The van der Waals surface area contributed by atoms with Crippen molar-refractivity contribution in [2.75, 3.05) is 6.54 Å². The molecular weight excluding hydrogens is 318 g/mol. The van der Waals surface area contributed by atoms with Crippen LogP contribution in [0, 0.1) is 6.92 Å².